The van der Waals surface area contributed by atoms with Crippen LogP contribution in [-0.4, -0.2) is 5.71 Å². The first-order chi connectivity index (χ1) is 7.27. The van der Waals surface area contributed by atoms with E-state index >= 15 is 0 Å². The van der Waals surface area contributed by atoms with E-state index in [0.29, 0.717) is 17.9 Å². The quantitative estimate of drug-likeness (QED) is 0.740. The van der Waals surface area contributed by atoms with Gasteiger partial charge in [-0.1, -0.05) is 38.1 Å². The van der Waals surface area contributed by atoms with Gasteiger partial charge in [-0.25, -0.2) is 0 Å². The van der Waals surface area contributed by atoms with E-state index in [1.54, 1.807) is 0 Å². The van der Waals surface area contributed by atoms with Crippen molar-refractivity contribution in [3.63, 3.8) is 0 Å². The molecule has 15 heavy (non-hydrogen) atoms. The fraction of sp³-hybridized carbons (Fsp3) is 0.462. The summed E-state index contributed by atoms with van der Waals surface area (Å²) in [5.74, 6) is 1.16. The summed E-state index contributed by atoms with van der Waals surface area (Å²) in [7, 11) is 0. The summed E-state index contributed by atoms with van der Waals surface area (Å²) < 4.78 is 0. The van der Waals surface area contributed by atoms with Gasteiger partial charge in [0.15, 0.2) is 0 Å². The first-order valence-corrected chi connectivity index (χ1v) is 5.68. The van der Waals surface area contributed by atoms with Gasteiger partial charge in [-0.2, -0.15) is 5.10 Å². The van der Waals surface area contributed by atoms with Crippen molar-refractivity contribution in [3.05, 3.63) is 35.4 Å². The van der Waals surface area contributed by atoms with E-state index in [-0.39, 0.29) is 0 Å². The molecule has 0 amide bonds. The monoisotopic (exact) mass is 200 g/mol. The van der Waals surface area contributed by atoms with Gasteiger partial charge in [0.25, 0.3) is 0 Å². The Morgan fingerprint density at radius 1 is 1.33 bits per heavy atom. The van der Waals surface area contributed by atoms with Gasteiger partial charge in [-0.15, -0.1) is 0 Å². The van der Waals surface area contributed by atoms with Crippen molar-refractivity contribution in [2.45, 2.75) is 26.3 Å². The Hall–Kier alpha value is -1.31. The summed E-state index contributed by atoms with van der Waals surface area (Å²) in [4.78, 5) is 0. The molecule has 1 aromatic rings. The Morgan fingerprint density at radius 3 is 2.93 bits per heavy atom. The predicted octanol–water partition coefficient (Wildman–Crippen LogP) is 2.52. The summed E-state index contributed by atoms with van der Waals surface area (Å²) >= 11 is 0. The standard InChI is InChI=1S/C13H16N2/c1-8(2)12-11-7-9-5-3-4-6-10(9)13(11)15-14-12/h3-6,8,11,13,15H,7H2,1-2H3/t11-,13-/m0/s1. The van der Waals surface area contributed by atoms with Gasteiger partial charge in [-0.05, 0) is 23.5 Å². The second-order valence-electron chi connectivity index (χ2n) is 4.81. The number of hydrogen-bond donors (Lipinski definition) is 1. The molecule has 0 unspecified atom stereocenters. The van der Waals surface area contributed by atoms with E-state index in [2.05, 4.69) is 48.6 Å². The molecule has 2 aliphatic rings. The molecule has 1 heterocycles. The molecule has 0 fully saturated rings. The lowest BCUT2D eigenvalue weighted by atomic mass is 9.90. The van der Waals surface area contributed by atoms with Crippen LogP contribution in [0.15, 0.2) is 29.4 Å². The molecular formula is C13H16N2. The van der Waals surface area contributed by atoms with E-state index in [9.17, 15) is 0 Å². The van der Waals surface area contributed by atoms with Crippen LogP contribution < -0.4 is 5.43 Å². The van der Waals surface area contributed by atoms with Crippen LogP contribution in [0.5, 0.6) is 0 Å². The molecule has 2 nitrogen and oxygen atoms in total. The number of fused-ring (bicyclic) bond motifs is 3. The van der Waals surface area contributed by atoms with Crippen molar-refractivity contribution in [1.82, 2.24) is 5.43 Å². The minimum atomic E-state index is 0.443. The molecule has 2 atom stereocenters. The Morgan fingerprint density at radius 2 is 2.13 bits per heavy atom. The van der Waals surface area contributed by atoms with Crippen LogP contribution in [0, 0.1) is 11.8 Å². The second kappa shape index (κ2) is 3.09. The molecule has 1 aromatic carbocycles. The highest BCUT2D eigenvalue weighted by atomic mass is 15.3. The molecular weight excluding hydrogens is 184 g/mol. The highest BCUT2D eigenvalue weighted by molar-refractivity contribution is 5.91. The normalized spacial score (nSPS) is 27.3. The van der Waals surface area contributed by atoms with Gasteiger partial charge < -0.3 is 5.43 Å². The van der Waals surface area contributed by atoms with Gasteiger partial charge in [0.05, 0.1) is 6.04 Å². The Bertz CT molecular complexity index is 420. The summed E-state index contributed by atoms with van der Waals surface area (Å²) in [5, 5.41) is 4.49. The van der Waals surface area contributed by atoms with Crippen LogP contribution in [0.25, 0.3) is 0 Å². The number of nitrogens with one attached hydrogen (secondary N) is 1. The number of hydrogen-bond acceptors (Lipinski definition) is 2. The lowest BCUT2D eigenvalue weighted by Gasteiger charge is -2.13. The molecule has 78 valence electrons. The van der Waals surface area contributed by atoms with Crippen molar-refractivity contribution in [2.75, 3.05) is 0 Å². The summed E-state index contributed by atoms with van der Waals surface area (Å²) in [6.45, 7) is 4.46. The van der Waals surface area contributed by atoms with E-state index in [1.165, 1.54) is 16.8 Å². The molecule has 0 saturated carbocycles. The lowest BCUT2D eigenvalue weighted by Crippen LogP contribution is -2.20. The minimum Gasteiger partial charge on any atom is -0.302 e. The summed E-state index contributed by atoms with van der Waals surface area (Å²) in [6, 6.07) is 9.17. The molecule has 1 aliphatic carbocycles. The largest absolute Gasteiger partial charge is 0.302 e. The van der Waals surface area contributed by atoms with Crippen LogP contribution in [0.3, 0.4) is 0 Å². The third kappa shape index (κ3) is 1.21. The Balaban J connectivity index is 1.97. The summed E-state index contributed by atoms with van der Waals surface area (Å²) in [6.07, 6.45) is 1.16. The predicted molar refractivity (Wildman–Crippen MR) is 61.8 cm³/mol. The van der Waals surface area contributed by atoms with Crippen molar-refractivity contribution in [2.24, 2.45) is 16.9 Å². The zero-order chi connectivity index (χ0) is 10.4. The van der Waals surface area contributed by atoms with Crippen LogP contribution in [-0.2, 0) is 6.42 Å². The zero-order valence-corrected chi connectivity index (χ0v) is 9.20. The van der Waals surface area contributed by atoms with Crippen molar-refractivity contribution < 1.29 is 0 Å². The van der Waals surface area contributed by atoms with Crippen LogP contribution in [0.2, 0.25) is 0 Å². The molecule has 1 aliphatic heterocycles. The van der Waals surface area contributed by atoms with E-state index in [4.69, 9.17) is 0 Å². The number of rotatable bonds is 1. The summed E-state index contributed by atoms with van der Waals surface area (Å²) in [5.41, 5.74) is 7.58. The van der Waals surface area contributed by atoms with Crippen molar-refractivity contribution >= 4 is 5.71 Å². The maximum atomic E-state index is 4.49. The molecule has 2 heteroatoms. The third-order valence-electron chi connectivity index (χ3n) is 3.54. The lowest BCUT2D eigenvalue weighted by molar-refractivity contribution is 0.529. The highest BCUT2D eigenvalue weighted by Gasteiger charge is 2.39. The van der Waals surface area contributed by atoms with E-state index in [1.807, 2.05) is 0 Å². The molecule has 0 aromatic heterocycles. The SMILES string of the molecule is CC(C)C1=NN[C@H]2c3ccccc3C[C@@H]12. The molecule has 0 spiro atoms. The maximum Gasteiger partial charge on any atom is 0.0776 e. The first kappa shape index (κ1) is 8.96. The van der Waals surface area contributed by atoms with Gasteiger partial charge in [0.1, 0.15) is 0 Å². The number of nitrogens with zero attached hydrogens (tertiary/aromatic N) is 1. The number of benzene rings is 1. The minimum absolute atomic E-state index is 0.443. The highest BCUT2D eigenvalue weighted by Crippen LogP contribution is 2.40. The van der Waals surface area contributed by atoms with Crippen LogP contribution in [0.4, 0.5) is 0 Å². The van der Waals surface area contributed by atoms with Crippen molar-refractivity contribution in [1.29, 1.82) is 0 Å². The zero-order valence-electron chi connectivity index (χ0n) is 9.20. The number of hydrazone groups is 1. The van der Waals surface area contributed by atoms with E-state index < -0.39 is 0 Å². The van der Waals surface area contributed by atoms with Crippen molar-refractivity contribution in [3.8, 4) is 0 Å². The van der Waals surface area contributed by atoms with Gasteiger partial charge in [-0.3, -0.25) is 0 Å². The molecule has 0 radical (unpaired) electrons. The molecule has 0 saturated heterocycles. The fourth-order valence-electron chi connectivity index (χ4n) is 2.81. The van der Waals surface area contributed by atoms with Gasteiger partial charge >= 0.3 is 0 Å². The molecule has 0 bridgehead atoms. The topological polar surface area (TPSA) is 24.4 Å². The Labute approximate surface area is 90.4 Å². The van der Waals surface area contributed by atoms with Crippen LogP contribution >= 0.6 is 0 Å². The first-order valence-electron chi connectivity index (χ1n) is 5.68. The van der Waals surface area contributed by atoms with Gasteiger partial charge in [0, 0.05) is 11.6 Å². The second-order valence-corrected chi connectivity index (χ2v) is 4.81. The smallest absolute Gasteiger partial charge is 0.0776 e. The third-order valence-corrected chi connectivity index (χ3v) is 3.54. The maximum absolute atomic E-state index is 4.49. The molecule has 3 rings (SSSR count). The average molecular weight is 200 g/mol. The molecule has 1 N–H and O–H groups in total. The van der Waals surface area contributed by atoms with Crippen LogP contribution in [0.1, 0.15) is 31.0 Å². The van der Waals surface area contributed by atoms with E-state index in [0.717, 1.165) is 6.42 Å². The average Bonchev–Trinajstić information content (AvgIpc) is 2.74. The fourth-order valence-corrected chi connectivity index (χ4v) is 2.81. The Kier molecular flexibility index (Phi) is 1.84. The van der Waals surface area contributed by atoms with Gasteiger partial charge in [0.2, 0.25) is 0 Å².